The number of aryl methyl sites for hydroxylation is 2. The first-order chi connectivity index (χ1) is 15.5. The number of nitrogens with one attached hydrogen (secondary N) is 3. The molecule has 2 heterocycles. The number of aromatic nitrogens is 4. The number of benzene rings is 2. The van der Waals surface area contributed by atoms with Crippen LogP contribution in [0.15, 0.2) is 59.6 Å². The van der Waals surface area contributed by atoms with E-state index < -0.39 is 0 Å². The van der Waals surface area contributed by atoms with Gasteiger partial charge in [0, 0.05) is 30.2 Å². The smallest absolute Gasteiger partial charge is 0.192 e. The molecular formula is C25H31N7. The molecule has 3 N–H and O–H groups in total. The summed E-state index contributed by atoms with van der Waals surface area (Å²) < 4.78 is 1.97. The monoisotopic (exact) mass is 429 g/mol. The number of para-hydroxylation sites is 1. The van der Waals surface area contributed by atoms with Crippen LogP contribution in [-0.2, 0) is 20.0 Å². The summed E-state index contributed by atoms with van der Waals surface area (Å²) in [6.07, 6.45) is 0.902. The number of hydrogen-bond donors (Lipinski definition) is 3. The first kappa shape index (κ1) is 21.6. The second-order valence-corrected chi connectivity index (χ2v) is 8.11. The molecule has 0 radical (unpaired) electrons. The average Bonchev–Trinajstić information content (AvgIpc) is 3.30. The van der Waals surface area contributed by atoms with Crippen molar-refractivity contribution in [2.45, 2.75) is 39.8 Å². The molecule has 0 spiro atoms. The molecule has 4 rings (SSSR count). The summed E-state index contributed by atoms with van der Waals surface area (Å²) in [6, 6.07) is 19.0. The normalized spacial score (nSPS) is 12.8. The Balaban J connectivity index is 1.48. The first-order valence-corrected chi connectivity index (χ1v) is 11.0. The van der Waals surface area contributed by atoms with Gasteiger partial charge in [-0.3, -0.25) is 0 Å². The largest absolute Gasteiger partial charge is 0.358 e. The maximum atomic E-state index is 4.80. The number of aromatic amines is 1. The Morgan fingerprint density at radius 3 is 2.56 bits per heavy atom. The van der Waals surface area contributed by atoms with E-state index >= 15 is 0 Å². The van der Waals surface area contributed by atoms with Crippen molar-refractivity contribution >= 4 is 16.9 Å². The zero-order chi connectivity index (χ0) is 22.5. The molecule has 0 bridgehead atoms. The number of fused-ring (bicyclic) bond motifs is 1. The van der Waals surface area contributed by atoms with Gasteiger partial charge in [0.05, 0.1) is 6.04 Å². The molecule has 7 heteroatoms. The molecule has 7 nitrogen and oxygen atoms in total. The predicted molar refractivity (Wildman–Crippen MR) is 130 cm³/mol. The Morgan fingerprint density at radius 2 is 1.81 bits per heavy atom. The molecule has 0 aliphatic heterocycles. The summed E-state index contributed by atoms with van der Waals surface area (Å²) in [4.78, 5) is 8.28. The minimum Gasteiger partial charge on any atom is -0.358 e. The number of guanidine groups is 1. The maximum Gasteiger partial charge on any atom is 0.192 e. The van der Waals surface area contributed by atoms with E-state index in [1.54, 1.807) is 0 Å². The van der Waals surface area contributed by atoms with Crippen molar-refractivity contribution in [2.75, 3.05) is 6.54 Å². The molecule has 0 aliphatic carbocycles. The van der Waals surface area contributed by atoms with Crippen LogP contribution in [0.1, 0.15) is 41.4 Å². The number of hydrogen-bond acceptors (Lipinski definition) is 3. The van der Waals surface area contributed by atoms with E-state index in [9.17, 15) is 0 Å². The van der Waals surface area contributed by atoms with Crippen LogP contribution < -0.4 is 10.6 Å². The molecule has 2 aromatic carbocycles. The van der Waals surface area contributed by atoms with E-state index in [1.807, 2.05) is 24.6 Å². The quantitative estimate of drug-likeness (QED) is 0.307. The highest BCUT2D eigenvalue weighted by Crippen LogP contribution is 2.22. The van der Waals surface area contributed by atoms with Crippen molar-refractivity contribution < 1.29 is 0 Å². The Labute approximate surface area is 189 Å². The van der Waals surface area contributed by atoms with Gasteiger partial charge < -0.3 is 20.2 Å². The van der Waals surface area contributed by atoms with Crippen LogP contribution in [0.4, 0.5) is 0 Å². The molecule has 2 aromatic heterocycles. The van der Waals surface area contributed by atoms with Gasteiger partial charge in [-0.15, -0.1) is 10.2 Å². The number of rotatable bonds is 7. The lowest BCUT2D eigenvalue weighted by Crippen LogP contribution is -2.40. The van der Waals surface area contributed by atoms with Crippen LogP contribution in [0.25, 0.3) is 10.9 Å². The van der Waals surface area contributed by atoms with Gasteiger partial charge in [-0.05, 0) is 44.4 Å². The molecule has 1 atom stereocenters. The van der Waals surface area contributed by atoms with Crippen LogP contribution >= 0.6 is 0 Å². The van der Waals surface area contributed by atoms with E-state index in [1.165, 1.54) is 27.7 Å². The molecule has 0 amide bonds. The zero-order valence-corrected chi connectivity index (χ0v) is 19.2. The molecule has 32 heavy (non-hydrogen) atoms. The van der Waals surface area contributed by atoms with Crippen molar-refractivity contribution in [1.82, 2.24) is 30.4 Å². The maximum absolute atomic E-state index is 4.80. The summed E-state index contributed by atoms with van der Waals surface area (Å²) >= 11 is 0. The number of H-pyrrole nitrogens is 1. The van der Waals surface area contributed by atoms with Crippen LogP contribution in [-0.4, -0.2) is 32.3 Å². The molecule has 1 unspecified atom stereocenters. The molecule has 166 valence electrons. The zero-order valence-electron chi connectivity index (χ0n) is 19.2. The molecule has 0 saturated heterocycles. The van der Waals surface area contributed by atoms with Gasteiger partial charge in [-0.2, -0.15) is 0 Å². The first-order valence-electron chi connectivity index (χ1n) is 11.0. The van der Waals surface area contributed by atoms with Gasteiger partial charge in [0.25, 0.3) is 0 Å². The van der Waals surface area contributed by atoms with E-state index in [0.717, 1.165) is 30.6 Å². The summed E-state index contributed by atoms with van der Waals surface area (Å²) in [5.41, 5.74) is 4.95. The third-order valence-corrected chi connectivity index (χ3v) is 5.91. The van der Waals surface area contributed by atoms with Crippen LogP contribution in [0, 0.1) is 13.8 Å². The van der Waals surface area contributed by atoms with Gasteiger partial charge in [-0.25, -0.2) is 4.99 Å². The van der Waals surface area contributed by atoms with Gasteiger partial charge in [0.2, 0.25) is 0 Å². The fourth-order valence-corrected chi connectivity index (χ4v) is 3.88. The Bertz CT molecular complexity index is 1200. The Morgan fingerprint density at radius 1 is 1.06 bits per heavy atom. The molecule has 4 aromatic rings. The van der Waals surface area contributed by atoms with Crippen LogP contribution in [0.2, 0.25) is 0 Å². The van der Waals surface area contributed by atoms with Gasteiger partial charge in [-0.1, -0.05) is 48.5 Å². The average molecular weight is 430 g/mol. The Kier molecular flexibility index (Phi) is 6.54. The summed E-state index contributed by atoms with van der Waals surface area (Å²) in [5, 5.41) is 16.7. The van der Waals surface area contributed by atoms with Crippen molar-refractivity contribution in [2.24, 2.45) is 12.0 Å². The highest BCUT2D eigenvalue weighted by Gasteiger charge is 2.11. The SMILES string of the molecule is Cc1[nH]c2ccccc2c1CCNC(=NCc1nnc(C)n1C)NC(C)c1ccccc1. The summed E-state index contributed by atoms with van der Waals surface area (Å²) in [5.74, 6) is 2.48. The minimum atomic E-state index is 0.124. The summed E-state index contributed by atoms with van der Waals surface area (Å²) in [7, 11) is 1.97. The second-order valence-electron chi connectivity index (χ2n) is 8.11. The molecule has 0 fully saturated rings. The number of aliphatic imine (C=N–C) groups is 1. The van der Waals surface area contributed by atoms with E-state index in [4.69, 9.17) is 4.99 Å². The van der Waals surface area contributed by atoms with Gasteiger partial charge in [0.1, 0.15) is 12.4 Å². The summed E-state index contributed by atoms with van der Waals surface area (Å²) in [6.45, 7) is 7.45. The lowest BCUT2D eigenvalue weighted by Gasteiger charge is -2.19. The minimum absolute atomic E-state index is 0.124. The Hall–Kier alpha value is -3.61. The van der Waals surface area contributed by atoms with Crippen molar-refractivity contribution in [3.05, 3.63) is 83.1 Å². The fraction of sp³-hybridized carbons (Fsp3) is 0.320. The second kappa shape index (κ2) is 9.68. The molecule has 0 aliphatic rings. The highest BCUT2D eigenvalue weighted by molar-refractivity contribution is 5.85. The van der Waals surface area contributed by atoms with Gasteiger partial charge in [0.15, 0.2) is 11.8 Å². The molecule has 0 saturated carbocycles. The van der Waals surface area contributed by atoms with E-state index in [2.05, 4.69) is 88.2 Å². The lowest BCUT2D eigenvalue weighted by atomic mass is 10.1. The van der Waals surface area contributed by atoms with Crippen LogP contribution in [0.5, 0.6) is 0 Å². The van der Waals surface area contributed by atoms with E-state index in [-0.39, 0.29) is 6.04 Å². The standard InChI is InChI=1S/C25H31N7/c1-17(20-10-6-5-7-11-20)29-25(27-16-24-31-30-19(3)32(24)4)26-15-14-21-18(2)28-23-13-9-8-12-22(21)23/h5-13,17,28H,14-16H2,1-4H3,(H2,26,27,29). The molecular weight excluding hydrogens is 398 g/mol. The van der Waals surface area contributed by atoms with Crippen molar-refractivity contribution in [3.63, 3.8) is 0 Å². The van der Waals surface area contributed by atoms with Gasteiger partial charge >= 0.3 is 0 Å². The predicted octanol–water partition coefficient (Wildman–Crippen LogP) is 3.95. The third-order valence-electron chi connectivity index (χ3n) is 5.91. The van der Waals surface area contributed by atoms with E-state index in [0.29, 0.717) is 6.54 Å². The third kappa shape index (κ3) is 4.82. The lowest BCUT2D eigenvalue weighted by molar-refractivity contribution is 0.675. The van der Waals surface area contributed by atoms with Crippen LogP contribution in [0.3, 0.4) is 0 Å². The van der Waals surface area contributed by atoms with Crippen molar-refractivity contribution in [3.8, 4) is 0 Å². The van der Waals surface area contributed by atoms with Crippen molar-refractivity contribution in [1.29, 1.82) is 0 Å². The number of nitrogens with zero attached hydrogens (tertiary/aromatic N) is 4. The topological polar surface area (TPSA) is 82.9 Å². The highest BCUT2D eigenvalue weighted by atomic mass is 15.3. The fourth-order valence-electron chi connectivity index (χ4n) is 3.88.